The van der Waals surface area contributed by atoms with Crippen LogP contribution in [0.3, 0.4) is 0 Å². The summed E-state index contributed by atoms with van der Waals surface area (Å²) in [6.45, 7) is 6.62. The first-order valence-corrected chi connectivity index (χ1v) is 3.55. The van der Waals surface area contributed by atoms with Crippen LogP contribution in [-0.4, -0.2) is 23.1 Å². The molecule has 0 amide bonds. The van der Waals surface area contributed by atoms with Gasteiger partial charge in [0.2, 0.25) is 0 Å². The van der Waals surface area contributed by atoms with Gasteiger partial charge in [-0.25, -0.2) is 0 Å². The van der Waals surface area contributed by atoms with Crippen LogP contribution < -0.4 is 0 Å². The van der Waals surface area contributed by atoms with E-state index >= 15 is 0 Å². The lowest BCUT2D eigenvalue weighted by molar-refractivity contribution is 0.666. The van der Waals surface area contributed by atoms with Gasteiger partial charge >= 0.3 is 0 Å². The van der Waals surface area contributed by atoms with Gasteiger partial charge in [-0.1, -0.05) is 11.9 Å². The molecule has 1 nitrogen and oxygen atoms in total. The Bertz CT molecular complexity index is 72.7. The van der Waals surface area contributed by atoms with Crippen molar-refractivity contribution in [3.05, 3.63) is 0 Å². The van der Waals surface area contributed by atoms with E-state index in [2.05, 4.69) is 39.2 Å². The number of nitrogens with zero attached hydrogens (tertiary/aromatic N) is 1. The minimum atomic E-state index is 0. The normalized spacial score (nSPS) is 9.27. The molecule has 0 aromatic carbocycles. The van der Waals surface area contributed by atoms with Crippen LogP contribution >= 0.6 is 11.9 Å². The second-order valence-electron chi connectivity index (χ2n) is 3.02. The number of rotatable bonds is 1. The highest BCUT2D eigenvalue weighted by Gasteiger charge is 2.10. The average Bonchev–Trinajstić information content (AvgIpc) is 1.21. The summed E-state index contributed by atoms with van der Waals surface area (Å²) in [6, 6.07) is 0. The predicted molar refractivity (Wildman–Crippen MR) is 48.5 cm³/mol. The van der Waals surface area contributed by atoms with E-state index in [9.17, 15) is 0 Å². The summed E-state index contributed by atoms with van der Waals surface area (Å²) < 4.78 is 2.49. The van der Waals surface area contributed by atoms with E-state index in [0.29, 0.717) is 4.75 Å². The van der Waals surface area contributed by atoms with Gasteiger partial charge in [0.25, 0.3) is 0 Å². The lowest BCUT2D eigenvalue weighted by Gasteiger charge is -2.21. The Balaban J connectivity index is -0.0000000817. The van der Waals surface area contributed by atoms with Crippen LogP contribution in [0.1, 0.15) is 20.8 Å². The molecule has 0 heterocycles. The molecule has 0 rings (SSSR count). The molecule has 0 N–H and O–H groups in total. The first-order chi connectivity index (χ1) is 3.42. The van der Waals surface area contributed by atoms with Gasteiger partial charge in [-0.05, 0) is 34.9 Å². The molecule has 74 valence electrons. The van der Waals surface area contributed by atoms with Gasteiger partial charge in [0.15, 0.2) is 0 Å². The van der Waals surface area contributed by atoms with Crippen molar-refractivity contribution in [3.63, 3.8) is 0 Å². The Hall–Kier alpha value is 0.100. The molecule has 5 heteroatoms. The molecule has 0 atom stereocenters. The van der Waals surface area contributed by atoms with Crippen molar-refractivity contribution in [3.8, 4) is 0 Å². The third-order valence-corrected chi connectivity index (χ3v) is 1.37. The standard InChI is InChI=1S/C6H15NS.3FH/c1-6(2,3)8-7(4)5;;;/h1-5H3;3*1H. The lowest BCUT2D eigenvalue weighted by Crippen LogP contribution is -2.15. The Morgan fingerprint density at radius 2 is 1.18 bits per heavy atom. The molecule has 0 saturated carbocycles. The quantitative estimate of drug-likeness (QED) is 0.588. The van der Waals surface area contributed by atoms with Crippen molar-refractivity contribution in [2.24, 2.45) is 0 Å². The monoisotopic (exact) mass is 193 g/mol. The molecule has 0 fully saturated rings. The van der Waals surface area contributed by atoms with Crippen LogP contribution in [0.25, 0.3) is 0 Å². The van der Waals surface area contributed by atoms with Crippen molar-refractivity contribution < 1.29 is 14.1 Å². The topological polar surface area (TPSA) is 3.24 Å². The minimum absolute atomic E-state index is 0. The maximum Gasteiger partial charge on any atom is 0.0222 e. The van der Waals surface area contributed by atoms with Gasteiger partial charge < -0.3 is 0 Å². The van der Waals surface area contributed by atoms with E-state index in [0.717, 1.165) is 0 Å². The summed E-state index contributed by atoms with van der Waals surface area (Å²) in [5.74, 6) is 0. The lowest BCUT2D eigenvalue weighted by atomic mass is 10.3. The number of halogens is 3. The molecule has 0 unspecified atom stereocenters. The summed E-state index contributed by atoms with van der Waals surface area (Å²) in [7, 11) is 4.13. The molecule has 0 aromatic heterocycles. The molecule has 0 radical (unpaired) electrons. The highest BCUT2D eigenvalue weighted by atomic mass is 32.2. The molecule has 0 saturated heterocycles. The Morgan fingerprint density at radius 3 is 1.18 bits per heavy atom. The largest absolute Gasteiger partial charge is 0.269 e. The van der Waals surface area contributed by atoms with Crippen molar-refractivity contribution in [1.82, 2.24) is 4.31 Å². The highest BCUT2D eigenvalue weighted by molar-refractivity contribution is 7.98. The summed E-state index contributed by atoms with van der Waals surface area (Å²) in [4.78, 5) is 0. The Kier molecular flexibility index (Phi) is 16.7. The van der Waals surface area contributed by atoms with Crippen LogP contribution in [-0.2, 0) is 0 Å². The van der Waals surface area contributed by atoms with Gasteiger partial charge in [0.1, 0.15) is 0 Å². The fraction of sp³-hybridized carbons (Fsp3) is 1.00. The van der Waals surface area contributed by atoms with Gasteiger partial charge in [0, 0.05) is 4.75 Å². The number of hydrogen-bond acceptors (Lipinski definition) is 2. The van der Waals surface area contributed by atoms with Gasteiger partial charge in [-0.3, -0.25) is 18.4 Å². The van der Waals surface area contributed by atoms with E-state index in [1.165, 1.54) is 0 Å². The second kappa shape index (κ2) is 8.20. The first-order valence-electron chi connectivity index (χ1n) is 2.78. The second-order valence-corrected chi connectivity index (χ2v) is 5.15. The fourth-order valence-electron chi connectivity index (χ4n) is 0.548. The van der Waals surface area contributed by atoms with Gasteiger partial charge in [-0.15, -0.1) is 0 Å². The summed E-state index contributed by atoms with van der Waals surface area (Å²) in [5.41, 5.74) is 0. The third kappa shape index (κ3) is 25.5. The van der Waals surface area contributed by atoms with E-state index in [1.807, 2.05) is 11.9 Å². The molecular formula is C6H18F3NS. The van der Waals surface area contributed by atoms with Crippen molar-refractivity contribution in [2.75, 3.05) is 14.1 Å². The Morgan fingerprint density at radius 1 is 0.909 bits per heavy atom. The highest BCUT2D eigenvalue weighted by Crippen LogP contribution is 2.23. The van der Waals surface area contributed by atoms with E-state index in [1.54, 1.807) is 0 Å². The van der Waals surface area contributed by atoms with E-state index in [-0.39, 0.29) is 14.1 Å². The average molecular weight is 193 g/mol. The third-order valence-electron chi connectivity index (χ3n) is 0.456. The molecule has 11 heavy (non-hydrogen) atoms. The van der Waals surface area contributed by atoms with Crippen molar-refractivity contribution in [1.29, 1.82) is 0 Å². The maximum atomic E-state index is 2.21. The van der Waals surface area contributed by atoms with Crippen molar-refractivity contribution >= 4 is 11.9 Å². The number of hydrogen-bond donors (Lipinski definition) is 0. The molecule has 0 aliphatic rings. The zero-order valence-corrected chi connectivity index (χ0v) is 8.40. The molecular weight excluding hydrogens is 175 g/mol. The molecule has 0 spiro atoms. The molecule has 0 aliphatic carbocycles. The summed E-state index contributed by atoms with van der Waals surface area (Å²) in [5, 5.41) is 0. The van der Waals surface area contributed by atoms with Gasteiger partial charge in [0.05, 0.1) is 0 Å². The predicted octanol–water partition coefficient (Wildman–Crippen LogP) is 2.45. The summed E-state index contributed by atoms with van der Waals surface area (Å²) in [6.07, 6.45) is 0. The zero-order valence-electron chi connectivity index (χ0n) is 7.58. The minimum Gasteiger partial charge on any atom is -0.269 e. The van der Waals surface area contributed by atoms with Crippen LogP contribution in [0.2, 0.25) is 0 Å². The summed E-state index contributed by atoms with van der Waals surface area (Å²) >= 11 is 1.84. The molecule has 0 aromatic rings. The Labute approximate surface area is 70.8 Å². The SMILES string of the molecule is CN(C)SC(C)(C)C.F.F.F. The van der Waals surface area contributed by atoms with Crippen LogP contribution in [0, 0.1) is 0 Å². The maximum absolute atomic E-state index is 2.21. The van der Waals surface area contributed by atoms with Crippen LogP contribution in [0.15, 0.2) is 0 Å². The molecule has 0 bridgehead atoms. The fourth-order valence-corrected chi connectivity index (χ4v) is 1.64. The first kappa shape index (κ1) is 22.5. The van der Waals surface area contributed by atoms with E-state index in [4.69, 9.17) is 0 Å². The smallest absolute Gasteiger partial charge is 0.0222 e. The van der Waals surface area contributed by atoms with Gasteiger partial charge in [-0.2, -0.15) is 0 Å². The zero-order chi connectivity index (χ0) is 6.78. The van der Waals surface area contributed by atoms with Crippen LogP contribution in [0.5, 0.6) is 0 Å². The van der Waals surface area contributed by atoms with E-state index < -0.39 is 0 Å². The van der Waals surface area contributed by atoms with Crippen LogP contribution in [0.4, 0.5) is 14.1 Å². The van der Waals surface area contributed by atoms with Crippen molar-refractivity contribution in [2.45, 2.75) is 25.5 Å². The molecule has 0 aliphatic heterocycles.